The Balaban J connectivity index is 1.58. The van der Waals surface area contributed by atoms with E-state index < -0.39 is 0 Å². The third kappa shape index (κ3) is 3.34. The molecule has 1 N–H and O–H groups in total. The highest BCUT2D eigenvalue weighted by atomic mass is 16.5. The summed E-state index contributed by atoms with van der Waals surface area (Å²) in [6.07, 6.45) is 3.43. The van der Waals surface area contributed by atoms with Gasteiger partial charge in [0.2, 0.25) is 0 Å². The molecule has 0 aliphatic carbocycles. The fourth-order valence-electron chi connectivity index (χ4n) is 2.52. The lowest BCUT2D eigenvalue weighted by Crippen LogP contribution is -1.92. The molecule has 0 amide bonds. The van der Waals surface area contributed by atoms with E-state index in [0.717, 1.165) is 28.2 Å². The van der Waals surface area contributed by atoms with Crippen LogP contribution in [-0.4, -0.2) is 27.0 Å². The molecule has 25 heavy (non-hydrogen) atoms. The minimum absolute atomic E-state index is 0.483. The topological polar surface area (TPSA) is 72.9 Å². The van der Waals surface area contributed by atoms with Crippen LogP contribution in [0.5, 0.6) is 11.5 Å². The molecule has 0 fully saturated rings. The van der Waals surface area contributed by atoms with E-state index in [1.165, 1.54) is 0 Å². The number of H-pyrrole nitrogens is 1. The quantitative estimate of drug-likeness (QED) is 0.599. The lowest BCUT2D eigenvalue weighted by atomic mass is 10.3. The Morgan fingerprint density at radius 2 is 1.92 bits per heavy atom. The third-order valence-corrected chi connectivity index (χ3v) is 3.69. The minimum Gasteiger partial charge on any atom is -0.456 e. The van der Waals surface area contributed by atoms with Gasteiger partial charge in [0, 0.05) is 19.4 Å². The number of nitrogens with one attached hydrogen (secondary N) is 1. The lowest BCUT2D eigenvalue weighted by Gasteiger charge is -2.06. The number of nitrogens with zero attached hydrogens (tertiary/aromatic N) is 3. The summed E-state index contributed by atoms with van der Waals surface area (Å²) < 4.78 is 10.9. The number of hydrogen-bond acceptors (Lipinski definition) is 5. The van der Waals surface area contributed by atoms with Gasteiger partial charge < -0.3 is 14.5 Å². The summed E-state index contributed by atoms with van der Waals surface area (Å²) in [5.41, 5.74) is 3.42. The van der Waals surface area contributed by atoms with E-state index in [9.17, 15) is 0 Å². The second-order valence-corrected chi connectivity index (χ2v) is 5.50. The van der Waals surface area contributed by atoms with E-state index in [1.54, 1.807) is 19.5 Å². The molecular weight excluding hydrogens is 316 g/mol. The van der Waals surface area contributed by atoms with Crippen LogP contribution in [0, 0.1) is 0 Å². The Labute approximate surface area is 144 Å². The Hall–Kier alpha value is -3.25. The summed E-state index contributed by atoms with van der Waals surface area (Å²) in [4.78, 5) is 16.4. The Morgan fingerprint density at radius 3 is 2.68 bits per heavy atom. The molecular formula is C19H16N4O2. The zero-order valence-corrected chi connectivity index (χ0v) is 13.6. The molecule has 4 aromatic rings. The first kappa shape index (κ1) is 15.3. The first-order valence-electron chi connectivity index (χ1n) is 7.85. The van der Waals surface area contributed by atoms with Crippen molar-refractivity contribution in [1.29, 1.82) is 0 Å². The second-order valence-electron chi connectivity index (χ2n) is 5.50. The van der Waals surface area contributed by atoms with Crippen molar-refractivity contribution in [3.63, 3.8) is 0 Å². The van der Waals surface area contributed by atoms with Gasteiger partial charge >= 0.3 is 0 Å². The average molecular weight is 332 g/mol. The average Bonchev–Trinajstić information content (AvgIpc) is 3.08. The van der Waals surface area contributed by atoms with Crippen molar-refractivity contribution >= 4 is 11.0 Å². The second kappa shape index (κ2) is 6.70. The van der Waals surface area contributed by atoms with Gasteiger partial charge in [0.25, 0.3) is 0 Å². The first-order valence-corrected chi connectivity index (χ1v) is 7.85. The molecule has 4 rings (SSSR count). The van der Waals surface area contributed by atoms with E-state index >= 15 is 0 Å². The van der Waals surface area contributed by atoms with Crippen LogP contribution in [0.2, 0.25) is 0 Å². The summed E-state index contributed by atoms with van der Waals surface area (Å²) >= 11 is 0. The molecule has 0 saturated heterocycles. The van der Waals surface area contributed by atoms with Crippen LogP contribution < -0.4 is 4.74 Å². The maximum Gasteiger partial charge on any atom is 0.157 e. The van der Waals surface area contributed by atoms with Crippen LogP contribution in [0.15, 0.2) is 60.9 Å². The third-order valence-electron chi connectivity index (χ3n) is 3.69. The van der Waals surface area contributed by atoms with Crippen LogP contribution in [-0.2, 0) is 11.3 Å². The molecule has 6 heteroatoms. The van der Waals surface area contributed by atoms with Crippen LogP contribution in [0.3, 0.4) is 0 Å². The molecule has 0 spiro atoms. The highest BCUT2D eigenvalue weighted by Crippen LogP contribution is 2.26. The van der Waals surface area contributed by atoms with Gasteiger partial charge in [-0.15, -0.1) is 0 Å². The number of fused-ring (bicyclic) bond motifs is 1. The van der Waals surface area contributed by atoms with Crippen LogP contribution in [0.4, 0.5) is 0 Å². The molecule has 3 aromatic heterocycles. The van der Waals surface area contributed by atoms with E-state index in [0.29, 0.717) is 18.1 Å². The monoisotopic (exact) mass is 332 g/mol. The zero-order valence-electron chi connectivity index (χ0n) is 13.6. The van der Waals surface area contributed by atoms with Crippen molar-refractivity contribution in [3.05, 3.63) is 66.6 Å². The molecule has 3 heterocycles. The Bertz CT molecular complexity index is 981. The zero-order chi connectivity index (χ0) is 17.1. The van der Waals surface area contributed by atoms with Gasteiger partial charge in [-0.3, -0.25) is 9.97 Å². The standard InChI is InChI=1S/C19H16N4O2/c1-24-12-13-5-6-15(11-21-13)25-14-7-8-16-18(10-14)23-19(22-16)17-4-2-3-9-20-17/h2-11H,12H2,1H3,(H,22,23). The molecule has 1 aromatic carbocycles. The van der Waals surface area contributed by atoms with Gasteiger partial charge in [0.1, 0.15) is 17.2 Å². The van der Waals surface area contributed by atoms with E-state index in [-0.39, 0.29) is 0 Å². The van der Waals surface area contributed by atoms with Gasteiger partial charge in [-0.2, -0.15) is 0 Å². The van der Waals surface area contributed by atoms with Crippen molar-refractivity contribution in [2.24, 2.45) is 0 Å². The van der Waals surface area contributed by atoms with Crippen molar-refractivity contribution in [1.82, 2.24) is 19.9 Å². The number of aromatic nitrogens is 4. The first-order chi connectivity index (χ1) is 12.3. The number of rotatable bonds is 5. The highest BCUT2D eigenvalue weighted by molar-refractivity contribution is 5.80. The fraction of sp³-hybridized carbons (Fsp3) is 0.105. The van der Waals surface area contributed by atoms with E-state index in [2.05, 4.69) is 19.9 Å². The highest BCUT2D eigenvalue weighted by Gasteiger charge is 2.07. The molecule has 0 aliphatic heterocycles. The predicted octanol–water partition coefficient (Wildman–Crippen LogP) is 3.96. The lowest BCUT2D eigenvalue weighted by molar-refractivity contribution is 0.181. The molecule has 0 aliphatic rings. The number of benzene rings is 1. The molecule has 0 radical (unpaired) electrons. The minimum atomic E-state index is 0.483. The van der Waals surface area contributed by atoms with Crippen molar-refractivity contribution in [2.75, 3.05) is 7.11 Å². The molecule has 0 saturated carbocycles. The van der Waals surface area contributed by atoms with Crippen molar-refractivity contribution in [3.8, 4) is 23.0 Å². The number of hydrogen-bond donors (Lipinski definition) is 1. The molecule has 0 bridgehead atoms. The number of imidazole rings is 1. The summed E-state index contributed by atoms with van der Waals surface area (Å²) in [6.45, 7) is 0.483. The normalized spacial score (nSPS) is 10.9. The molecule has 124 valence electrons. The van der Waals surface area contributed by atoms with Gasteiger partial charge in [-0.1, -0.05) is 6.07 Å². The SMILES string of the molecule is COCc1ccc(Oc2ccc3nc(-c4ccccn4)[nH]c3c2)cn1. The Kier molecular flexibility index (Phi) is 4.10. The van der Waals surface area contributed by atoms with Crippen molar-refractivity contribution in [2.45, 2.75) is 6.61 Å². The number of methoxy groups -OCH3 is 1. The molecule has 0 atom stereocenters. The summed E-state index contributed by atoms with van der Waals surface area (Å²) in [7, 11) is 1.64. The van der Waals surface area contributed by atoms with E-state index in [4.69, 9.17) is 9.47 Å². The van der Waals surface area contributed by atoms with Gasteiger partial charge in [-0.25, -0.2) is 4.98 Å². The van der Waals surface area contributed by atoms with Gasteiger partial charge in [0.05, 0.1) is 29.5 Å². The Morgan fingerprint density at radius 1 is 1.00 bits per heavy atom. The largest absolute Gasteiger partial charge is 0.456 e. The smallest absolute Gasteiger partial charge is 0.157 e. The predicted molar refractivity (Wildman–Crippen MR) is 94.3 cm³/mol. The maximum atomic E-state index is 5.87. The number of pyridine rings is 2. The summed E-state index contributed by atoms with van der Waals surface area (Å²) in [6, 6.07) is 15.2. The molecule has 0 unspecified atom stereocenters. The number of ether oxygens (including phenoxy) is 2. The molecule has 6 nitrogen and oxygen atoms in total. The van der Waals surface area contributed by atoms with Crippen LogP contribution in [0.1, 0.15) is 5.69 Å². The summed E-state index contributed by atoms with van der Waals surface area (Å²) in [5, 5.41) is 0. The van der Waals surface area contributed by atoms with E-state index in [1.807, 2.05) is 48.5 Å². The maximum absolute atomic E-state index is 5.87. The van der Waals surface area contributed by atoms with Gasteiger partial charge in [0.15, 0.2) is 5.82 Å². The fourth-order valence-corrected chi connectivity index (χ4v) is 2.52. The van der Waals surface area contributed by atoms with Gasteiger partial charge in [-0.05, 0) is 36.4 Å². The summed E-state index contributed by atoms with van der Waals surface area (Å²) in [5.74, 6) is 2.12. The van der Waals surface area contributed by atoms with Crippen LogP contribution >= 0.6 is 0 Å². The van der Waals surface area contributed by atoms with Crippen molar-refractivity contribution < 1.29 is 9.47 Å². The van der Waals surface area contributed by atoms with Crippen LogP contribution in [0.25, 0.3) is 22.6 Å². The number of aromatic amines is 1.